The van der Waals surface area contributed by atoms with E-state index < -0.39 is 0 Å². The second-order valence-corrected chi connectivity index (χ2v) is 6.68. The predicted molar refractivity (Wildman–Crippen MR) is 104 cm³/mol. The van der Waals surface area contributed by atoms with Gasteiger partial charge in [-0.3, -0.25) is 4.79 Å². The second-order valence-electron chi connectivity index (χ2n) is 6.68. The van der Waals surface area contributed by atoms with Gasteiger partial charge in [-0.05, 0) is 41.8 Å². The van der Waals surface area contributed by atoms with E-state index in [9.17, 15) is 4.79 Å². The molecule has 0 heterocycles. The second kappa shape index (κ2) is 7.01. The molecule has 128 valence electrons. The predicted octanol–water partition coefficient (Wildman–Crippen LogP) is 5.40. The molecular formula is C24H20O2. The van der Waals surface area contributed by atoms with Gasteiger partial charge in [-0.25, -0.2) is 0 Å². The van der Waals surface area contributed by atoms with Gasteiger partial charge in [0.2, 0.25) is 0 Å². The Morgan fingerprint density at radius 1 is 0.923 bits per heavy atom. The third kappa shape index (κ3) is 3.45. The molecule has 0 atom stereocenters. The molecule has 0 unspecified atom stereocenters. The summed E-state index contributed by atoms with van der Waals surface area (Å²) in [5.41, 5.74) is 6.20. The molecule has 1 aliphatic carbocycles. The Kier molecular flexibility index (Phi) is 4.40. The van der Waals surface area contributed by atoms with E-state index in [1.54, 1.807) is 0 Å². The van der Waals surface area contributed by atoms with Gasteiger partial charge < -0.3 is 4.74 Å². The molecule has 0 spiro atoms. The number of benzene rings is 3. The lowest BCUT2D eigenvalue weighted by Crippen LogP contribution is -1.96. The minimum atomic E-state index is 0.139. The average molecular weight is 340 g/mol. The van der Waals surface area contributed by atoms with Crippen molar-refractivity contribution in [1.82, 2.24) is 0 Å². The minimum absolute atomic E-state index is 0.139. The number of Topliss-reactive ketones (excluding diaryl/α,β-unsaturated/α-hetero) is 1. The van der Waals surface area contributed by atoms with Gasteiger partial charge in [0.05, 0.1) is 0 Å². The number of carbonyl (C=O) groups is 1. The maximum Gasteiger partial charge on any atom is 0.189 e. The number of ketones is 1. The Bertz CT molecular complexity index is 964. The van der Waals surface area contributed by atoms with Crippen molar-refractivity contribution >= 4 is 11.9 Å². The van der Waals surface area contributed by atoms with E-state index in [4.69, 9.17) is 4.74 Å². The van der Waals surface area contributed by atoms with Crippen molar-refractivity contribution in [2.75, 3.05) is 0 Å². The van der Waals surface area contributed by atoms with Crippen LogP contribution in [0.4, 0.5) is 0 Å². The normalized spacial score (nSPS) is 14.5. The van der Waals surface area contributed by atoms with Crippen LogP contribution in [0.1, 0.15) is 32.6 Å². The third-order valence-electron chi connectivity index (χ3n) is 4.68. The topological polar surface area (TPSA) is 26.3 Å². The van der Waals surface area contributed by atoms with Gasteiger partial charge >= 0.3 is 0 Å². The fourth-order valence-corrected chi connectivity index (χ4v) is 3.18. The number of hydrogen-bond donors (Lipinski definition) is 0. The summed E-state index contributed by atoms with van der Waals surface area (Å²) in [6, 6.07) is 24.1. The first-order valence-electron chi connectivity index (χ1n) is 8.81. The van der Waals surface area contributed by atoms with E-state index in [2.05, 4.69) is 31.2 Å². The zero-order valence-electron chi connectivity index (χ0n) is 14.7. The molecule has 0 aromatic heterocycles. The van der Waals surface area contributed by atoms with Crippen LogP contribution in [0.25, 0.3) is 6.08 Å². The van der Waals surface area contributed by atoms with Gasteiger partial charge in [0.15, 0.2) is 5.78 Å². The Morgan fingerprint density at radius 3 is 2.38 bits per heavy atom. The molecule has 26 heavy (non-hydrogen) atoms. The van der Waals surface area contributed by atoms with E-state index in [0.717, 1.165) is 33.6 Å². The van der Waals surface area contributed by atoms with Crippen molar-refractivity contribution in [3.63, 3.8) is 0 Å². The molecule has 3 aromatic rings. The van der Waals surface area contributed by atoms with Crippen LogP contribution in [0.2, 0.25) is 0 Å². The maximum absolute atomic E-state index is 12.5. The van der Waals surface area contributed by atoms with Gasteiger partial charge in [0, 0.05) is 17.6 Å². The number of aryl methyl sites for hydroxylation is 1. The summed E-state index contributed by atoms with van der Waals surface area (Å²) >= 11 is 0. The van der Waals surface area contributed by atoms with Crippen molar-refractivity contribution in [1.29, 1.82) is 0 Å². The highest BCUT2D eigenvalue weighted by Crippen LogP contribution is 2.28. The number of rotatable bonds is 4. The standard InChI is InChI=1S/C24H20O2/c1-17-6-8-19(9-7-17)16-26-22-12-10-18(11-13-22)14-21-15-20-4-2-3-5-23(20)24(21)25/h2-14H,15-16H2,1H3/b21-14+. The molecule has 0 saturated heterocycles. The van der Waals surface area contributed by atoms with E-state index >= 15 is 0 Å². The SMILES string of the molecule is Cc1ccc(COc2ccc(/C=C3\Cc4ccccc4C3=O)cc2)cc1. The molecule has 0 aliphatic heterocycles. The quantitative estimate of drug-likeness (QED) is 0.595. The highest BCUT2D eigenvalue weighted by molar-refractivity contribution is 6.15. The van der Waals surface area contributed by atoms with E-state index in [0.29, 0.717) is 13.0 Å². The lowest BCUT2D eigenvalue weighted by Gasteiger charge is -2.07. The molecule has 1 aliphatic rings. The first-order chi connectivity index (χ1) is 12.7. The summed E-state index contributed by atoms with van der Waals surface area (Å²) in [5, 5.41) is 0. The van der Waals surface area contributed by atoms with E-state index in [1.165, 1.54) is 5.56 Å². The monoisotopic (exact) mass is 340 g/mol. The van der Waals surface area contributed by atoms with Gasteiger partial charge in [0.1, 0.15) is 12.4 Å². The van der Waals surface area contributed by atoms with E-state index in [1.807, 2.05) is 54.6 Å². The average Bonchev–Trinajstić information content (AvgIpc) is 2.98. The highest BCUT2D eigenvalue weighted by atomic mass is 16.5. The van der Waals surface area contributed by atoms with Gasteiger partial charge in [-0.2, -0.15) is 0 Å². The minimum Gasteiger partial charge on any atom is -0.489 e. The summed E-state index contributed by atoms with van der Waals surface area (Å²) in [6.45, 7) is 2.62. The Balaban J connectivity index is 1.43. The summed E-state index contributed by atoms with van der Waals surface area (Å²) < 4.78 is 5.84. The van der Waals surface area contributed by atoms with Gasteiger partial charge in [0.25, 0.3) is 0 Å². The molecule has 0 fully saturated rings. The maximum atomic E-state index is 12.5. The number of ether oxygens (including phenoxy) is 1. The van der Waals surface area contributed by atoms with Gasteiger partial charge in [-0.15, -0.1) is 0 Å². The molecule has 0 N–H and O–H groups in total. The first kappa shape index (κ1) is 16.3. The zero-order valence-corrected chi connectivity index (χ0v) is 14.7. The van der Waals surface area contributed by atoms with Crippen LogP contribution in [-0.4, -0.2) is 5.78 Å². The molecule has 0 saturated carbocycles. The fourth-order valence-electron chi connectivity index (χ4n) is 3.18. The van der Waals surface area contributed by atoms with Crippen LogP contribution in [0.5, 0.6) is 5.75 Å². The van der Waals surface area contributed by atoms with Crippen molar-refractivity contribution in [2.24, 2.45) is 0 Å². The van der Waals surface area contributed by atoms with Crippen LogP contribution in [0, 0.1) is 6.92 Å². The summed E-state index contributed by atoms with van der Waals surface area (Å²) in [4.78, 5) is 12.5. The highest BCUT2D eigenvalue weighted by Gasteiger charge is 2.23. The number of carbonyl (C=O) groups excluding carboxylic acids is 1. The summed E-state index contributed by atoms with van der Waals surface area (Å²) in [7, 11) is 0. The first-order valence-corrected chi connectivity index (χ1v) is 8.81. The van der Waals surface area contributed by atoms with Crippen molar-refractivity contribution in [3.8, 4) is 5.75 Å². The van der Waals surface area contributed by atoms with Crippen molar-refractivity contribution in [3.05, 3.63) is 106 Å². The number of allylic oxidation sites excluding steroid dienone is 1. The van der Waals surface area contributed by atoms with Gasteiger partial charge in [-0.1, -0.05) is 66.2 Å². The van der Waals surface area contributed by atoms with Crippen LogP contribution in [0.15, 0.2) is 78.4 Å². The van der Waals surface area contributed by atoms with E-state index in [-0.39, 0.29) is 5.78 Å². The van der Waals surface area contributed by atoms with Crippen molar-refractivity contribution < 1.29 is 9.53 Å². The summed E-state index contributed by atoms with van der Waals surface area (Å²) in [5.74, 6) is 0.967. The molecule has 0 radical (unpaired) electrons. The van der Waals surface area contributed by atoms with Crippen LogP contribution >= 0.6 is 0 Å². The zero-order chi connectivity index (χ0) is 17.9. The molecule has 2 nitrogen and oxygen atoms in total. The Morgan fingerprint density at radius 2 is 1.65 bits per heavy atom. The van der Waals surface area contributed by atoms with Crippen LogP contribution < -0.4 is 4.74 Å². The number of fused-ring (bicyclic) bond motifs is 1. The Hall–Kier alpha value is -3.13. The Labute approximate surface area is 153 Å². The molecule has 0 bridgehead atoms. The van der Waals surface area contributed by atoms with Crippen LogP contribution in [0.3, 0.4) is 0 Å². The molecular weight excluding hydrogens is 320 g/mol. The fraction of sp³-hybridized carbons (Fsp3) is 0.125. The third-order valence-corrected chi connectivity index (χ3v) is 4.68. The molecule has 4 rings (SSSR count). The lowest BCUT2D eigenvalue weighted by molar-refractivity contribution is 0.104. The molecule has 0 amide bonds. The summed E-state index contributed by atoms with van der Waals surface area (Å²) in [6.07, 6.45) is 2.69. The largest absolute Gasteiger partial charge is 0.489 e. The molecule has 3 aromatic carbocycles. The lowest BCUT2D eigenvalue weighted by atomic mass is 10.1. The smallest absolute Gasteiger partial charge is 0.189 e. The van der Waals surface area contributed by atoms with Crippen molar-refractivity contribution in [2.45, 2.75) is 20.0 Å². The van der Waals surface area contributed by atoms with Crippen LogP contribution in [-0.2, 0) is 13.0 Å². The molecule has 2 heteroatoms. The number of hydrogen-bond acceptors (Lipinski definition) is 2.